The fourth-order valence-electron chi connectivity index (χ4n) is 2.87. The summed E-state index contributed by atoms with van der Waals surface area (Å²) in [4.78, 5) is 0. The Balaban J connectivity index is 3.97. The lowest BCUT2D eigenvalue weighted by molar-refractivity contribution is 0.274. The van der Waals surface area contributed by atoms with E-state index in [2.05, 4.69) is 34.6 Å². The van der Waals surface area contributed by atoms with Gasteiger partial charge >= 0.3 is 0 Å². The van der Waals surface area contributed by atoms with Crippen LogP contribution in [-0.2, 0) is 0 Å². The molecule has 0 amide bonds. The van der Waals surface area contributed by atoms with E-state index in [4.69, 9.17) is 5.73 Å². The van der Waals surface area contributed by atoms with Crippen LogP contribution in [-0.4, -0.2) is 6.54 Å². The summed E-state index contributed by atoms with van der Waals surface area (Å²) >= 11 is 0. The predicted octanol–water partition coefficient (Wildman–Crippen LogP) is 5.24. The molecule has 0 aromatic heterocycles. The van der Waals surface area contributed by atoms with Crippen LogP contribution in [0.2, 0.25) is 0 Å². The van der Waals surface area contributed by atoms with Crippen molar-refractivity contribution in [1.82, 2.24) is 0 Å². The lowest BCUT2D eigenvalue weighted by atomic mass is 9.82. The Labute approximate surface area is 116 Å². The maximum Gasteiger partial charge on any atom is -0.00746 e. The lowest BCUT2D eigenvalue weighted by Crippen LogP contribution is -2.15. The van der Waals surface area contributed by atoms with Crippen molar-refractivity contribution in [2.75, 3.05) is 6.54 Å². The zero-order valence-corrected chi connectivity index (χ0v) is 13.5. The molecular weight excluding hydrogens is 218 g/mol. The molecule has 0 spiro atoms. The topological polar surface area (TPSA) is 26.0 Å². The first-order chi connectivity index (χ1) is 8.51. The van der Waals surface area contributed by atoms with E-state index in [0.717, 1.165) is 30.2 Å². The Morgan fingerprint density at radius 1 is 0.889 bits per heavy atom. The Morgan fingerprint density at radius 3 is 2.06 bits per heavy atom. The molecule has 3 atom stereocenters. The van der Waals surface area contributed by atoms with Crippen LogP contribution in [0.3, 0.4) is 0 Å². The summed E-state index contributed by atoms with van der Waals surface area (Å²) < 4.78 is 0. The van der Waals surface area contributed by atoms with Crippen LogP contribution in [0.15, 0.2) is 0 Å². The third-order valence-electron chi connectivity index (χ3n) is 4.44. The van der Waals surface area contributed by atoms with Gasteiger partial charge in [0, 0.05) is 0 Å². The minimum absolute atomic E-state index is 0.820. The van der Waals surface area contributed by atoms with Crippen LogP contribution in [0.4, 0.5) is 0 Å². The Kier molecular flexibility index (Phi) is 10.8. The van der Waals surface area contributed by atoms with Crippen molar-refractivity contribution in [1.29, 1.82) is 0 Å². The molecule has 1 heteroatoms. The summed E-state index contributed by atoms with van der Waals surface area (Å²) in [7, 11) is 0. The molecule has 0 bridgehead atoms. The molecule has 3 unspecified atom stereocenters. The highest BCUT2D eigenvalue weighted by Crippen LogP contribution is 2.27. The highest BCUT2D eigenvalue weighted by molar-refractivity contribution is 4.68. The molecule has 18 heavy (non-hydrogen) atoms. The average molecular weight is 255 g/mol. The van der Waals surface area contributed by atoms with Gasteiger partial charge in [-0.05, 0) is 49.5 Å². The SMILES string of the molecule is CCCCCC(CCN)CC(C)CC(C)C(C)C. The van der Waals surface area contributed by atoms with Crippen molar-refractivity contribution < 1.29 is 0 Å². The molecule has 0 saturated heterocycles. The molecule has 0 aliphatic rings. The van der Waals surface area contributed by atoms with Gasteiger partial charge in [0.2, 0.25) is 0 Å². The van der Waals surface area contributed by atoms with Crippen molar-refractivity contribution in [2.45, 2.75) is 79.6 Å². The second-order valence-corrected chi connectivity index (χ2v) is 6.74. The number of nitrogens with two attached hydrogens (primary N) is 1. The van der Waals surface area contributed by atoms with Gasteiger partial charge in [-0.3, -0.25) is 0 Å². The van der Waals surface area contributed by atoms with Crippen LogP contribution in [0.5, 0.6) is 0 Å². The van der Waals surface area contributed by atoms with Crippen molar-refractivity contribution in [3.05, 3.63) is 0 Å². The molecule has 0 aliphatic heterocycles. The van der Waals surface area contributed by atoms with Crippen LogP contribution in [0.1, 0.15) is 79.6 Å². The molecule has 0 rings (SSSR count). The highest BCUT2D eigenvalue weighted by Gasteiger charge is 2.16. The third-order valence-corrected chi connectivity index (χ3v) is 4.44. The largest absolute Gasteiger partial charge is 0.330 e. The summed E-state index contributed by atoms with van der Waals surface area (Å²) in [5.41, 5.74) is 5.76. The van der Waals surface area contributed by atoms with Crippen LogP contribution in [0.25, 0.3) is 0 Å². The molecule has 1 nitrogen and oxygen atoms in total. The minimum atomic E-state index is 0.820. The molecule has 0 aromatic rings. The van der Waals surface area contributed by atoms with Gasteiger partial charge in [0.25, 0.3) is 0 Å². The standard InChI is InChI=1S/C17H37N/c1-6-7-8-9-17(10-11-18)13-15(4)12-16(5)14(2)3/h14-17H,6-13,18H2,1-5H3. The molecule has 0 saturated carbocycles. The van der Waals surface area contributed by atoms with Gasteiger partial charge in [0.05, 0.1) is 0 Å². The van der Waals surface area contributed by atoms with Gasteiger partial charge in [-0.1, -0.05) is 60.3 Å². The fraction of sp³-hybridized carbons (Fsp3) is 1.00. The second kappa shape index (κ2) is 10.8. The predicted molar refractivity (Wildman–Crippen MR) is 83.7 cm³/mol. The summed E-state index contributed by atoms with van der Waals surface area (Å²) in [6, 6.07) is 0. The molecule has 0 fully saturated rings. The first-order valence-electron chi connectivity index (χ1n) is 8.21. The molecule has 0 aliphatic carbocycles. The molecule has 0 aromatic carbocycles. The van der Waals surface area contributed by atoms with Gasteiger partial charge in [-0.25, -0.2) is 0 Å². The number of hydrogen-bond donors (Lipinski definition) is 1. The van der Waals surface area contributed by atoms with Crippen LogP contribution < -0.4 is 5.73 Å². The van der Waals surface area contributed by atoms with E-state index in [1.165, 1.54) is 44.9 Å². The van der Waals surface area contributed by atoms with Gasteiger partial charge in [0.15, 0.2) is 0 Å². The van der Waals surface area contributed by atoms with Crippen LogP contribution in [0, 0.1) is 23.7 Å². The van der Waals surface area contributed by atoms with Gasteiger partial charge in [0.1, 0.15) is 0 Å². The van der Waals surface area contributed by atoms with E-state index >= 15 is 0 Å². The maximum absolute atomic E-state index is 5.76. The average Bonchev–Trinajstić information content (AvgIpc) is 2.29. The van der Waals surface area contributed by atoms with E-state index in [0.29, 0.717) is 0 Å². The third kappa shape index (κ3) is 8.97. The van der Waals surface area contributed by atoms with Crippen molar-refractivity contribution >= 4 is 0 Å². The van der Waals surface area contributed by atoms with Crippen molar-refractivity contribution in [3.8, 4) is 0 Å². The monoisotopic (exact) mass is 255 g/mol. The summed E-state index contributed by atoms with van der Waals surface area (Å²) in [6.07, 6.45) is 9.50. The summed E-state index contributed by atoms with van der Waals surface area (Å²) in [5, 5.41) is 0. The quantitative estimate of drug-likeness (QED) is 0.502. The van der Waals surface area contributed by atoms with Crippen LogP contribution >= 0.6 is 0 Å². The first-order valence-corrected chi connectivity index (χ1v) is 8.21. The smallest absolute Gasteiger partial charge is 0.00746 e. The zero-order valence-electron chi connectivity index (χ0n) is 13.5. The molecule has 0 heterocycles. The fourth-order valence-corrected chi connectivity index (χ4v) is 2.87. The Hall–Kier alpha value is -0.0400. The van der Waals surface area contributed by atoms with Gasteiger partial charge in [-0.2, -0.15) is 0 Å². The number of rotatable bonds is 11. The maximum atomic E-state index is 5.76. The number of hydrogen-bond acceptors (Lipinski definition) is 1. The second-order valence-electron chi connectivity index (χ2n) is 6.74. The van der Waals surface area contributed by atoms with E-state index in [1.54, 1.807) is 0 Å². The first kappa shape index (κ1) is 18.0. The normalized spacial score (nSPS) is 16.8. The lowest BCUT2D eigenvalue weighted by Gasteiger charge is -2.24. The van der Waals surface area contributed by atoms with E-state index in [1.807, 2.05) is 0 Å². The summed E-state index contributed by atoms with van der Waals surface area (Å²) in [5.74, 6) is 3.41. The van der Waals surface area contributed by atoms with Gasteiger partial charge in [-0.15, -0.1) is 0 Å². The highest BCUT2D eigenvalue weighted by atomic mass is 14.5. The zero-order chi connectivity index (χ0) is 14.0. The van der Waals surface area contributed by atoms with Crippen molar-refractivity contribution in [3.63, 3.8) is 0 Å². The number of unbranched alkanes of at least 4 members (excludes halogenated alkanes) is 2. The minimum Gasteiger partial charge on any atom is -0.330 e. The van der Waals surface area contributed by atoms with E-state index in [9.17, 15) is 0 Å². The van der Waals surface area contributed by atoms with Crippen molar-refractivity contribution in [2.24, 2.45) is 29.4 Å². The molecule has 0 radical (unpaired) electrons. The molecular formula is C17H37N. The van der Waals surface area contributed by atoms with E-state index < -0.39 is 0 Å². The Morgan fingerprint density at radius 2 is 1.56 bits per heavy atom. The molecule has 110 valence electrons. The van der Waals surface area contributed by atoms with Gasteiger partial charge < -0.3 is 5.73 Å². The Bertz CT molecular complexity index is 176. The summed E-state index contributed by atoms with van der Waals surface area (Å²) in [6.45, 7) is 12.7. The molecule has 2 N–H and O–H groups in total. The van der Waals surface area contributed by atoms with E-state index in [-0.39, 0.29) is 0 Å².